The van der Waals surface area contributed by atoms with Crippen molar-refractivity contribution in [3.8, 4) is 5.75 Å². The molecule has 0 unspecified atom stereocenters. The van der Waals surface area contributed by atoms with Crippen molar-refractivity contribution in [3.05, 3.63) is 78.4 Å². The summed E-state index contributed by atoms with van der Waals surface area (Å²) in [4.78, 5) is 4.02. The third kappa shape index (κ3) is 4.66. The Bertz CT molecular complexity index is 698. The highest BCUT2D eigenvalue weighted by Gasteiger charge is 2.03. The van der Waals surface area contributed by atoms with Crippen molar-refractivity contribution in [1.82, 2.24) is 20.1 Å². The number of hydrogen-bond acceptors (Lipinski definition) is 4. The molecule has 2 heterocycles. The van der Waals surface area contributed by atoms with Crippen molar-refractivity contribution in [3.63, 3.8) is 0 Å². The van der Waals surface area contributed by atoms with E-state index >= 15 is 0 Å². The molecule has 3 rings (SSSR count). The second-order valence-corrected chi connectivity index (χ2v) is 5.20. The Balaban J connectivity index is 1.51. The normalized spacial score (nSPS) is 10.6. The predicted molar refractivity (Wildman–Crippen MR) is 88.9 cm³/mol. The Morgan fingerprint density at radius 2 is 1.87 bits per heavy atom. The van der Waals surface area contributed by atoms with Crippen LogP contribution in [0.3, 0.4) is 0 Å². The lowest BCUT2D eigenvalue weighted by atomic mass is 10.2. The van der Waals surface area contributed by atoms with Crippen LogP contribution in [0.15, 0.2) is 67.3 Å². The molecule has 5 heteroatoms. The van der Waals surface area contributed by atoms with E-state index in [-0.39, 0.29) is 0 Å². The third-order valence-corrected chi connectivity index (χ3v) is 3.51. The molecule has 1 aromatic carbocycles. The second-order valence-electron chi connectivity index (χ2n) is 5.20. The molecule has 0 saturated heterocycles. The summed E-state index contributed by atoms with van der Waals surface area (Å²) in [5, 5.41) is 7.62. The summed E-state index contributed by atoms with van der Waals surface area (Å²) in [6, 6.07) is 14.0. The van der Waals surface area contributed by atoms with Crippen LogP contribution in [0.5, 0.6) is 5.75 Å². The molecule has 3 aromatic rings. The first-order valence-corrected chi connectivity index (χ1v) is 7.69. The fourth-order valence-corrected chi connectivity index (χ4v) is 2.28. The van der Waals surface area contributed by atoms with Gasteiger partial charge in [0.05, 0.1) is 6.54 Å². The molecule has 0 amide bonds. The molecule has 0 aliphatic heterocycles. The molecule has 23 heavy (non-hydrogen) atoms. The van der Waals surface area contributed by atoms with Crippen molar-refractivity contribution < 1.29 is 4.74 Å². The van der Waals surface area contributed by atoms with Gasteiger partial charge in [-0.05, 0) is 29.8 Å². The van der Waals surface area contributed by atoms with E-state index < -0.39 is 0 Å². The Morgan fingerprint density at radius 3 is 2.70 bits per heavy atom. The van der Waals surface area contributed by atoms with Gasteiger partial charge in [0, 0.05) is 43.4 Å². The number of pyridine rings is 1. The number of aromatic nitrogens is 3. The van der Waals surface area contributed by atoms with Crippen molar-refractivity contribution in [1.29, 1.82) is 0 Å². The average molecular weight is 308 g/mol. The van der Waals surface area contributed by atoms with Crippen LogP contribution in [0.1, 0.15) is 11.1 Å². The first-order chi connectivity index (χ1) is 11.4. The fourth-order valence-electron chi connectivity index (χ4n) is 2.28. The van der Waals surface area contributed by atoms with Crippen LogP contribution in [0.4, 0.5) is 0 Å². The number of benzene rings is 1. The van der Waals surface area contributed by atoms with Crippen molar-refractivity contribution in [2.24, 2.45) is 0 Å². The molecule has 0 aliphatic carbocycles. The zero-order valence-electron chi connectivity index (χ0n) is 12.9. The molecule has 0 atom stereocenters. The van der Waals surface area contributed by atoms with Gasteiger partial charge < -0.3 is 10.1 Å². The molecule has 0 radical (unpaired) electrons. The lowest BCUT2D eigenvalue weighted by Gasteiger charge is -2.12. The lowest BCUT2D eigenvalue weighted by molar-refractivity contribution is 0.302. The quantitative estimate of drug-likeness (QED) is 0.650. The number of hydrogen-bond donors (Lipinski definition) is 1. The molecule has 0 fully saturated rings. The highest BCUT2D eigenvalue weighted by molar-refractivity contribution is 5.33. The molecule has 2 aromatic heterocycles. The molecule has 118 valence electrons. The molecule has 0 bridgehead atoms. The van der Waals surface area contributed by atoms with Crippen LogP contribution in [0.25, 0.3) is 0 Å². The molecule has 5 nitrogen and oxygen atoms in total. The number of nitrogens with zero attached hydrogens (tertiary/aromatic N) is 3. The minimum absolute atomic E-state index is 0.548. The van der Waals surface area contributed by atoms with E-state index in [1.54, 1.807) is 18.6 Å². The van der Waals surface area contributed by atoms with E-state index in [0.29, 0.717) is 6.61 Å². The Labute approximate surface area is 135 Å². The standard InChI is InChI=1S/C18H20N4O/c1-2-5-18(23-15-16-6-9-19-10-7-16)17(4-1)14-20-11-13-22-12-3-8-21-22/h1-10,12,20H,11,13-15H2. The average Bonchev–Trinajstić information content (AvgIpc) is 3.12. The van der Waals surface area contributed by atoms with Crippen LogP contribution in [0.2, 0.25) is 0 Å². The van der Waals surface area contributed by atoms with E-state index in [0.717, 1.165) is 36.5 Å². The van der Waals surface area contributed by atoms with Crippen LogP contribution in [-0.4, -0.2) is 21.3 Å². The third-order valence-electron chi connectivity index (χ3n) is 3.51. The van der Waals surface area contributed by atoms with Crippen molar-refractivity contribution in [2.45, 2.75) is 19.7 Å². The minimum atomic E-state index is 0.548. The summed E-state index contributed by atoms with van der Waals surface area (Å²) in [5.41, 5.74) is 2.27. The van der Waals surface area contributed by atoms with Gasteiger partial charge in [-0.15, -0.1) is 0 Å². The van der Waals surface area contributed by atoms with E-state index in [9.17, 15) is 0 Å². The molecule has 0 saturated carbocycles. The highest BCUT2D eigenvalue weighted by atomic mass is 16.5. The van der Waals surface area contributed by atoms with Gasteiger partial charge in [-0.1, -0.05) is 18.2 Å². The topological polar surface area (TPSA) is 52.0 Å². The van der Waals surface area contributed by atoms with Gasteiger partial charge in [-0.25, -0.2) is 0 Å². The van der Waals surface area contributed by atoms with Crippen LogP contribution < -0.4 is 10.1 Å². The van der Waals surface area contributed by atoms with E-state index in [1.807, 2.05) is 47.3 Å². The van der Waals surface area contributed by atoms with Gasteiger partial charge in [0.25, 0.3) is 0 Å². The van der Waals surface area contributed by atoms with Gasteiger partial charge in [0.15, 0.2) is 0 Å². The fraction of sp³-hybridized carbons (Fsp3) is 0.222. The Hall–Kier alpha value is -2.66. The van der Waals surface area contributed by atoms with Crippen LogP contribution in [0, 0.1) is 0 Å². The summed E-state index contributed by atoms with van der Waals surface area (Å²) in [6.07, 6.45) is 7.32. The maximum Gasteiger partial charge on any atom is 0.124 e. The van der Waals surface area contributed by atoms with Gasteiger partial charge in [-0.2, -0.15) is 5.10 Å². The second kappa shape index (κ2) is 8.10. The number of nitrogens with one attached hydrogen (secondary N) is 1. The van der Waals surface area contributed by atoms with Gasteiger partial charge in [0.2, 0.25) is 0 Å². The number of ether oxygens (including phenoxy) is 1. The predicted octanol–water partition coefficient (Wildman–Crippen LogP) is 2.65. The maximum atomic E-state index is 5.94. The smallest absolute Gasteiger partial charge is 0.124 e. The number of para-hydroxylation sites is 1. The van der Waals surface area contributed by atoms with Crippen molar-refractivity contribution >= 4 is 0 Å². The summed E-state index contributed by atoms with van der Waals surface area (Å²) < 4.78 is 7.86. The van der Waals surface area contributed by atoms with Gasteiger partial charge in [-0.3, -0.25) is 9.67 Å². The first kappa shape index (κ1) is 15.2. The zero-order chi connectivity index (χ0) is 15.7. The van der Waals surface area contributed by atoms with Crippen LogP contribution >= 0.6 is 0 Å². The highest BCUT2D eigenvalue weighted by Crippen LogP contribution is 2.19. The lowest BCUT2D eigenvalue weighted by Crippen LogP contribution is -2.20. The Kier molecular flexibility index (Phi) is 5.37. The van der Waals surface area contributed by atoms with E-state index in [4.69, 9.17) is 4.74 Å². The Morgan fingerprint density at radius 1 is 1.00 bits per heavy atom. The van der Waals surface area contributed by atoms with Crippen molar-refractivity contribution in [2.75, 3.05) is 6.54 Å². The van der Waals surface area contributed by atoms with Crippen LogP contribution in [-0.2, 0) is 19.7 Å². The molecular weight excluding hydrogens is 288 g/mol. The minimum Gasteiger partial charge on any atom is -0.489 e. The van der Waals surface area contributed by atoms with E-state index in [2.05, 4.69) is 21.5 Å². The molecule has 1 N–H and O–H groups in total. The summed E-state index contributed by atoms with van der Waals surface area (Å²) in [7, 11) is 0. The molecule has 0 spiro atoms. The van der Waals surface area contributed by atoms with E-state index in [1.165, 1.54) is 0 Å². The molecular formula is C18H20N4O. The largest absolute Gasteiger partial charge is 0.489 e. The van der Waals surface area contributed by atoms with Gasteiger partial charge >= 0.3 is 0 Å². The SMILES string of the molecule is c1ccc(OCc2ccncc2)c(CNCCn2cccn2)c1. The summed E-state index contributed by atoms with van der Waals surface area (Å²) >= 11 is 0. The van der Waals surface area contributed by atoms with Gasteiger partial charge in [0.1, 0.15) is 12.4 Å². The molecule has 0 aliphatic rings. The maximum absolute atomic E-state index is 5.94. The monoisotopic (exact) mass is 308 g/mol. The zero-order valence-corrected chi connectivity index (χ0v) is 12.9. The summed E-state index contributed by atoms with van der Waals surface area (Å²) in [6.45, 7) is 3.04. The first-order valence-electron chi connectivity index (χ1n) is 7.69. The number of rotatable bonds is 8. The summed E-state index contributed by atoms with van der Waals surface area (Å²) in [5.74, 6) is 0.913.